The first kappa shape index (κ1) is 12.0. The molecule has 1 aliphatic rings. The molecule has 1 aromatic heterocycles. The van der Waals surface area contributed by atoms with E-state index in [9.17, 15) is 9.90 Å². The molecule has 4 heteroatoms. The predicted molar refractivity (Wildman–Crippen MR) is 64.6 cm³/mol. The van der Waals surface area contributed by atoms with E-state index in [1.807, 2.05) is 19.1 Å². The van der Waals surface area contributed by atoms with Crippen molar-refractivity contribution in [1.82, 2.24) is 10.3 Å². The quantitative estimate of drug-likeness (QED) is 0.835. The fourth-order valence-corrected chi connectivity index (χ4v) is 2.32. The van der Waals surface area contributed by atoms with Crippen LogP contribution in [0.2, 0.25) is 0 Å². The van der Waals surface area contributed by atoms with Gasteiger partial charge in [0.2, 0.25) is 0 Å². The highest BCUT2D eigenvalue weighted by Crippen LogP contribution is 2.30. The van der Waals surface area contributed by atoms with Crippen molar-refractivity contribution in [2.75, 3.05) is 0 Å². The third-order valence-corrected chi connectivity index (χ3v) is 3.47. The highest BCUT2D eigenvalue weighted by atomic mass is 16.4. The minimum Gasteiger partial charge on any atom is -0.480 e. The molecule has 0 aromatic carbocycles. The minimum absolute atomic E-state index is 0.569. The molecule has 4 nitrogen and oxygen atoms in total. The van der Waals surface area contributed by atoms with Gasteiger partial charge in [-0.15, -0.1) is 0 Å². The van der Waals surface area contributed by atoms with Crippen LogP contribution in [0.4, 0.5) is 0 Å². The highest BCUT2D eigenvalue weighted by molar-refractivity contribution is 5.79. The average molecular weight is 234 g/mol. The number of hydrogen-bond donors (Lipinski definition) is 2. The van der Waals surface area contributed by atoms with Gasteiger partial charge in [0.25, 0.3) is 0 Å². The van der Waals surface area contributed by atoms with E-state index in [-0.39, 0.29) is 0 Å². The van der Waals surface area contributed by atoms with Gasteiger partial charge in [0.1, 0.15) is 5.54 Å². The van der Waals surface area contributed by atoms with Gasteiger partial charge in [-0.3, -0.25) is 15.1 Å². The Bertz CT molecular complexity index is 394. The Morgan fingerprint density at radius 1 is 1.47 bits per heavy atom. The van der Waals surface area contributed by atoms with Gasteiger partial charge in [0, 0.05) is 18.4 Å². The molecule has 1 saturated carbocycles. The van der Waals surface area contributed by atoms with Gasteiger partial charge < -0.3 is 5.11 Å². The number of carboxylic acid groups (broad SMARTS) is 1. The van der Waals surface area contributed by atoms with Gasteiger partial charge in [-0.2, -0.15) is 0 Å². The van der Waals surface area contributed by atoms with Crippen molar-refractivity contribution in [1.29, 1.82) is 0 Å². The molecule has 2 N–H and O–H groups in total. The van der Waals surface area contributed by atoms with Crippen molar-refractivity contribution < 1.29 is 9.90 Å². The number of aryl methyl sites for hydroxylation is 1. The van der Waals surface area contributed by atoms with E-state index in [1.165, 1.54) is 0 Å². The fourth-order valence-electron chi connectivity index (χ4n) is 2.32. The number of hydrogen-bond acceptors (Lipinski definition) is 3. The maximum atomic E-state index is 11.3. The third kappa shape index (κ3) is 2.64. The highest BCUT2D eigenvalue weighted by Gasteiger charge is 2.40. The fraction of sp³-hybridized carbons (Fsp3) is 0.538. The first-order valence-electron chi connectivity index (χ1n) is 6.02. The van der Waals surface area contributed by atoms with Gasteiger partial charge in [-0.1, -0.05) is 18.9 Å². The van der Waals surface area contributed by atoms with Gasteiger partial charge in [-0.25, -0.2) is 0 Å². The first-order chi connectivity index (χ1) is 8.12. The number of carbonyl (C=O) groups is 1. The number of rotatable bonds is 4. The summed E-state index contributed by atoms with van der Waals surface area (Å²) in [6.45, 7) is 2.51. The van der Waals surface area contributed by atoms with Crippen LogP contribution in [0, 0.1) is 6.92 Å². The summed E-state index contributed by atoms with van der Waals surface area (Å²) in [4.78, 5) is 15.5. The van der Waals surface area contributed by atoms with Crippen molar-refractivity contribution in [2.45, 2.75) is 44.7 Å². The molecular formula is C13H18N2O2. The van der Waals surface area contributed by atoms with Crippen LogP contribution >= 0.6 is 0 Å². The zero-order valence-corrected chi connectivity index (χ0v) is 10.1. The molecule has 0 amide bonds. The molecule has 0 radical (unpaired) electrons. The lowest BCUT2D eigenvalue weighted by Gasteiger charge is -2.25. The van der Waals surface area contributed by atoms with Crippen LogP contribution in [0.5, 0.6) is 0 Å². The number of nitrogens with one attached hydrogen (secondary N) is 1. The Labute approximate surface area is 101 Å². The summed E-state index contributed by atoms with van der Waals surface area (Å²) >= 11 is 0. The number of pyridine rings is 1. The van der Waals surface area contributed by atoms with Crippen LogP contribution in [0.3, 0.4) is 0 Å². The summed E-state index contributed by atoms with van der Waals surface area (Å²) in [5, 5.41) is 12.5. The standard InChI is InChI=1S/C13H18N2O2/c1-10-4-5-11(8-14-10)9-15-13(12(16)17)6-2-3-7-13/h4-5,8,15H,2-3,6-7,9H2,1H3,(H,16,17). The summed E-state index contributed by atoms with van der Waals surface area (Å²) in [5.74, 6) is -0.727. The normalized spacial score (nSPS) is 18.2. The van der Waals surface area contributed by atoms with E-state index < -0.39 is 11.5 Å². The molecule has 0 unspecified atom stereocenters. The lowest BCUT2D eigenvalue weighted by Crippen LogP contribution is -2.49. The van der Waals surface area contributed by atoms with E-state index in [2.05, 4.69) is 10.3 Å². The van der Waals surface area contributed by atoms with Crippen molar-refractivity contribution in [3.05, 3.63) is 29.6 Å². The Morgan fingerprint density at radius 2 is 2.18 bits per heavy atom. The monoisotopic (exact) mass is 234 g/mol. The molecular weight excluding hydrogens is 216 g/mol. The maximum Gasteiger partial charge on any atom is 0.323 e. The van der Waals surface area contributed by atoms with Gasteiger partial charge >= 0.3 is 5.97 Å². The van der Waals surface area contributed by atoms with E-state index in [0.717, 1.165) is 36.9 Å². The topological polar surface area (TPSA) is 62.2 Å². The largest absolute Gasteiger partial charge is 0.480 e. The van der Waals surface area contributed by atoms with Crippen molar-refractivity contribution in [3.8, 4) is 0 Å². The van der Waals surface area contributed by atoms with Crippen LogP contribution in [-0.4, -0.2) is 21.6 Å². The molecule has 92 valence electrons. The molecule has 1 aromatic rings. The second-order valence-electron chi connectivity index (χ2n) is 4.76. The Hall–Kier alpha value is -1.42. The molecule has 0 bridgehead atoms. The molecule has 0 saturated heterocycles. The summed E-state index contributed by atoms with van der Waals surface area (Å²) < 4.78 is 0. The molecule has 2 rings (SSSR count). The Balaban J connectivity index is 2.00. The maximum absolute atomic E-state index is 11.3. The summed E-state index contributed by atoms with van der Waals surface area (Å²) in [7, 11) is 0. The molecule has 1 aliphatic carbocycles. The molecule has 0 spiro atoms. The lowest BCUT2D eigenvalue weighted by molar-refractivity contribution is -0.144. The van der Waals surface area contributed by atoms with Crippen LogP contribution in [-0.2, 0) is 11.3 Å². The second-order valence-corrected chi connectivity index (χ2v) is 4.76. The van der Waals surface area contributed by atoms with E-state index >= 15 is 0 Å². The third-order valence-electron chi connectivity index (χ3n) is 3.47. The summed E-state index contributed by atoms with van der Waals surface area (Å²) in [5.41, 5.74) is 1.29. The smallest absolute Gasteiger partial charge is 0.323 e. The average Bonchev–Trinajstić information content (AvgIpc) is 2.78. The van der Waals surface area contributed by atoms with Gasteiger partial charge in [-0.05, 0) is 31.4 Å². The number of aliphatic carboxylic acids is 1. The van der Waals surface area contributed by atoms with Crippen LogP contribution in [0.15, 0.2) is 18.3 Å². The van der Waals surface area contributed by atoms with Crippen LogP contribution in [0.1, 0.15) is 36.9 Å². The lowest BCUT2D eigenvalue weighted by atomic mass is 9.97. The number of aromatic nitrogens is 1. The van der Waals surface area contributed by atoms with Crippen molar-refractivity contribution in [3.63, 3.8) is 0 Å². The number of nitrogens with zero attached hydrogens (tertiary/aromatic N) is 1. The van der Waals surface area contributed by atoms with Gasteiger partial charge in [0.15, 0.2) is 0 Å². The van der Waals surface area contributed by atoms with Crippen LogP contribution in [0.25, 0.3) is 0 Å². The zero-order valence-electron chi connectivity index (χ0n) is 10.1. The zero-order chi connectivity index (χ0) is 12.3. The van der Waals surface area contributed by atoms with Crippen LogP contribution < -0.4 is 5.32 Å². The number of carboxylic acids is 1. The molecule has 1 fully saturated rings. The van der Waals surface area contributed by atoms with E-state index in [4.69, 9.17) is 0 Å². The SMILES string of the molecule is Cc1ccc(CNC2(C(=O)O)CCCC2)cn1. The molecule has 0 aliphatic heterocycles. The van der Waals surface area contributed by atoms with Crippen molar-refractivity contribution in [2.24, 2.45) is 0 Å². The summed E-state index contributed by atoms with van der Waals surface area (Å²) in [6, 6.07) is 3.93. The summed E-state index contributed by atoms with van der Waals surface area (Å²) in [6.07, 6.45) is 5.23. The Morgan fingerprint density at radius 3 is 2.71 bits per heavy atom. The predicted octanol–water partition coefficient (Wildman–Crippen LogP) is 1.88. The van der Waals surface area contributed by atoms with E-state index in [0.29, 0.717) is 6.54 Å². The van der Waals surface area contributed by atoms with Gasteiger partial charge in [0.05, 0.1) is 0 Å². The minimum atomic E-state index is -0.727. The molecule has 0 atom stereocenters. The molecule has 1 heterocycles. The molecule has 17 heavy (non-hydrogen) atoms. The van der Waals surface area contributed by atoms with E-state index in [1.54, 1.807) is 6.20 Å². The second kappa shape index (κ2) is 4.84. The van der Waals surface area contributed by atoms with Crippen molar-refractivity contribution >= 4 is 5.97 Å². The Kier molecular flexibility index (Phi) is 3.43. The first-order valence-corrected chi connectivity index (χ1v) is 6.02.